The van der Waals surface area contributed by atoms with Crippen LogP contribution in [0.3, 0.4) is 0 Å². The summed E-state index contributed by atoms with van der Waals surface area (Å²) in [6, 6.07) is 0. The van der Waals surface area contributed by atoms with Crippen molar-refractivity contribution in [3.63, 3.8) is 0 Å². The van der Waals surface area contributed by atoms with Crippen LogP contribution in [-0.2, 0) is 0 Å². The van der Waals surface area contributed by atoms with E-state index >= 15 is 0 Å². The number of carbonyl (C=O) groups is 1. The highest BCUT2D eigenvalue weighted by Crippen LogP contribution is 2.12. The van der Waals surface area contributed by atoms with Gasteiger partial charge in [0.25, 0.3) is 0 Å². The van der Waals surface area contributed by atoms with E-state index < -0.39 is 0 Å². The fourth-order valence-corrected chi connectivity index (χ4v) is 1.39. The number of ketones is 1. The molecule has 0 amide bonds. The summed E-state index contributed by atoms with van der Waals surface area (Å²) in [5.41, 5.74) is 7.05. The minimum Gasteiger partial charge on any atom is -0.368 e. The van der Waals surface area contributed by atoms with Gasteiger partial charge in [0.1, 0.15) is 0 Å². The fourth-order valence-electron chi connectivity index (χ4n) is 1.39. The topological polar surface area (TPSA) is 84.8 Å². The number of carbonyl (C=O) groups excluding carboxylic acids is 1. The van der Waals surface area contributed by atoms with E-state index in [0.717, 1.165) is 0 Å². The van der Waals surface area contributed by atoms with Crippen LogP contribution in [0, 0.1) is 19.3 Å². The molecule has 0 bridgehead atoms. The molecule has 5 heteroatoms. The number of nitrogen functional groups attached to an aromatic ring is 1. The quantitative estimate of drug-likeness (QED) is 0.373. The monoisotopic (exact) mass is 180 g/mol. The zero-order valence-electron chi connectivity index (χ0n) is 7.88. The van der Waals surface area contributed by atoms with Gasteiger partial charge in [-0.25, -0.2) is 4.68 Å². The van der Waals surface area contributed by atoms with Crippen LogP contribution in [-0.4, -0.2) is 21.5 Å². The lowest BCUT2D eigenvalue weighted by Crippen LogP contribution is -2.23. The predicted molar refractivity (Wildman–Crippen MR) is 49.0 cm³/mol. The van der Waals surface area contributed by atoms with Gasteiger partial charge in [0.2, 0.25) is 5.96 Å². The van der Waals surface area contributed by atoms with E-state index in [-0.39, 0.29) is 11.7 Å². The van der Waals surface area contributed by atoms with Crippen LogP contribution in [0.25, 0.3) is 0 Å². The maximum atomic E-state index is 11.2. The van der Waals surface area contributed by atoms with Gasteiger partial charge in [-0.2, -0.15) is 5.10 Å². The van der Waals surface area contributed by atoms with E-state index in [1.54, 1.807) is 13.8 Å². The zero-order chi connectivity index (χ0) is 10.2. The van der Waals surface area contributed by atoms with Gasteiger partial charge < -0.3 is 5.73 Å². The molecule has 0 unspecified atom stereocenters. The second-order valence-electron chi connectivity index (χ2n) is 2.90. The molecule has 1 heterocycles. The lowest BCUT2D eigenvalue weighted by atomic mass is 10.1. The average molecular weight is 180 g/mol. The van der Waals surface area contributed by atoms with E-state index in [1.807, 2.05) is 0 Å². The van der Waals surface area contributed by atoms with Gasteiger partial charge >= 0.3 is 0 Å². The molecule has 13 heavy (non-hydrogen) atoms. The Labute approximate surface area is 76.1 Å². The Balaban J connectivity index is 3.39. The normalized spacial score (nSPS) is 10.1. The van der Waals surface area contributed by atoms with E-state index in [1.165, 1.54) is 11.6 Å². The molecule has 0 atom stereocenters. The number of nitrogens with two attached hydrogens (primary N) is 1. The lowest BCUT2D eigenvalue weighted by molar-refractivity contribution is 0.101. The second-order valence-corrected chi connectivity index (χ2v) is 2.90. The third-order valence-corrected chi connectivity index (χ3v) is 1.87. The molecule has 0 aliphatic rings. The van der Waals surface area contributed by atoms with Crippen LogP contribution in [0.2, 0.25) is 0 Å². The number of rotatable bonds is 1. The van der Waals surface area contributed by atoms with Crippen LogP contribution in [0.5, 0.6) is 0 Å². The zero-order valence-corrected chi connectivity index (χ0v) is 7.88. The van der Waals surface area contributed by atoms with Crippen LogP contribution in [0.1, 0.15) is 28.7 Å². The van der Waals surface area contributed by atoms with Crippen molar-refractivity contribution < 1.29 is 4.79 Å². The highest BCUT2D eigenvalue weighted by molar-refractivity contribution is 5.97. The Kier molecular flexibility index (Phi) is 2.18. The third-order valence-electron chi connectivity index (χ3n) is 1.87. The summed E-state index contributed by atoms with van der Waals surface area (Å²) in [6.45, 7) is 4.92. The molecular weight excluding hydrogens is 168 g/mol. The number of Topliss-reactive ketones (excluding diaryl/α,β-unsaturated/α-hetero) is 1. The number of aryl methyl sites for hydroxylation is 1. The molecule has 0 aromatic carbocycles. The second kappa shape index (κ2) is 3.01. The van der Waals surface area contributed by atoms with Crippen molar-refractivity contribution in [2.75, 3.05) is 0 Å². The molecule has 0 saturated carbocycles. The first-order valence-electron chi connectivity index (χ1n) is 3.86. The summed E-state index contributed by atoms with van der Waals surface area (Å²) < 4.78 is 1.26. The Morgan fingerprint density at radius 2 is 2.08 bits per heavy atom. The van der Waals surface area contributed by atoms with Crippen LogP contribution < -0.4 is 5.73 Å². The fraction of sp³-hybridized carbons (Fsp3) is 0.375. The van der Waals surface area contributed by atoms with Gasteiger partial charge in [-0.1, -0.05) is 0 Å². The summed E-state index contributed by atoms with van der Waals surface area (Å²) in [6.07, 6.45) is 0. The summed E-state index contributed by atoms with van der Waals surface area (Å²) >= 11 is 0. The largest absolute Gasteiger partial charge is 0.368 e. The number of nitrogens with zero attached hydrogens (tertiary/aromatic N) is 2. The smallest absolute Gasteiger partial charge is 0.213 e. The highest BCUT2D eigenvalue weighted by Gasteiger charge is 2.15. The van der Waals surface area contributed by atoms with Gasteiger partial charge in [-0.15, -0.1) is 0 Å². The number of nitrogens with one attached hydrogen (secondary N) is 1. The first kappa shape index (κ1) is 9.44. The average Bonchev–Trinajstić information content (AvgIpc) is 2.26. The molecule has 0 aliphatic heterocycles. The molecule has 0 saturated heterocycles. The van der Waals surface area contributed by atoms with Crippen LogP contribution in [0.4, 0.5) is 0 Å². The molecule has 3 N–H and O–H groups in total. The van der Waals surface area contributed by atoms with Crippen molar-refractivity contribution in [3.8, 4) is 0 Å². The lowest BCUT2D eigenvalue weighted by Gasteiger charge is -1.99. The third kappa shape index (κ3) is 1.44. The first-order chi connectivity index (χ1) is 5.95. The van der Waals surface area contributed by atoms with Crippen molar-refractivity contribution in [2.24, 2.45) is 5.73 Å². The van der Waals surface area contributed by atoms with Gasteiger partial charge in [-0.05, 0) is 20.8 Å². The molecule has 1 rings (SSSR count). The Hall–Kier alpha value is -1.65. The molecule has 0 fully saturated rings. The first-order valence-corrected chi connectivity index (χ1v) is 3.86. The van der Waals surface area contributed by atoms with Gasteiger partial charge in [0.15, 0.2) is 5.78 Å². The van der Waals surface area contributed by atoms with Gasteiger partial charge in [0.05, 0.1) is 17.0 Å². The Morgan fingerprint density at radius 1 is 1.54 bits per heavy atom. The number of aromatic nitrogens is 2. The highest BCUT2D eigenvalue weighted by atomic mass is 16.1. The van der Waals surface area contributed by atoms with Gasteiger partial charge in [-0.3, -0.25) is 10.2 Å². The molecule has 1 aromatic rings. The summed E-state index contributed by atoms with van der Waals surface area (Å²) in [5.74, 6) is -0.226. The molecule has 0 radical (unpaired) electrons. The molecule has 0 spiro atoms. The maximum absolute atomic E-state index is 11.2. The maximum Gasteiger partial charge on any atom is 0.213 e. The molecule has 1 aromatic heterocycles. The number of hydrogen-bond acceptors (Lipinski definition) is 3. The van der Waals surface area contributed by atoms with Gasteiger partial charge in [0, 0.05) is 0 Å². The van der Waals surface area contributed by atoms with Crippen molar-refractivity contribution in [1.82, 2.24) is 9.78 Å². The van der Waals surface area contributed by atoms with Crippen molar-refractivity contribution in [2.45, 2.75) is 20.8 Å². The summed E-state index contributed by atoms with van der Waals surface area (Å²) in [5, 5.41) is 11.2. The standard InChI is InChI=1S/C8H12N4O/c1-4-7(6(3)13)5(2)12(11-4)8(9)10/h1-3H3,(H3,9,10). The Morgan fingerprint density at radius 3 is 2.31 bits per heavy atom. The van der Waals surface area contributed by atoms with E-state index in [2.05, 4.69) is 5.10 Å². The SMILES string of the molecule is CC(=O)c1c(C)nn(C(=N)N)c1C. The van der Waals surface area contributed by atoms with E-state index in [0.29, 0.717) is 17.0 Å². The minimum atomic E-state index is -0.173. The summed E-state index contributed by atoms with van der Waals surface area (Å²) in [4.78, 5) is 11.2. The Bertz CT molecular complexity index is 378. The molecule has 0 aliphatic carbocycles. The number of hydrogen-bond donors (Lipinski definition) is 2. The van der Waals surface area contributed by atoms with Crippen molar-refractivity contribution in [3.05, 3.63) is 17.0 Å². The van der Waals surface area contributed by atoms with E-state index in [9.17, 15) is 4.79 Å². The molecule has 70 valence electrons. The minimum absolute atomic E-state index is 0.0532. The van der Waals surface area contributed by atoms with Crippen molar-refractivity contribution in [1.29, 1.82) is 5.41 Å². The predicted octanol–water partition coefficient (Wildman–Crippen LogP) is 0.444. The molecule has 5 nitrogen and oxygen atoms in total. The van der Waals surface area contributed by atoms with Crippen LogP contribution >= 0.6 is 0 Å². The molecular formula is C8H12N4O. The van der Waals surface area contributed by atoms with Crippen LogP contribution in [0.15, 0.2) is 0 Å². The van der Waals surface area contributed by atoms with E-state index in [4.69, 9.17) is 11.1 Å². The van der Waals surface area contributed by atoms with Crippen molar-refractivity contribution >= 4 is 11.7 Å². The summed E-state index contributed by atoms with van der Waals surface area (Å²) in [7, 11) is 0.